The Hall–Kier alpha value is -0.780. The standard InChI is InChI=1S/C14H24/c1-7-9-11(3)10-13(5)14(6)12(4)8-2/h7-8,10,13-14H,1,9H2,2-6H3. The van der Waals surface area contributed by atoms with Crippen molar-refractivity contribution in [3.05, 3.63) is 36.0 Å². The zero-order chi connectivity index (χ0) is 11.1. The Morgan fingerprint density at radius 2 is 1.86 bits per heavy atom. The molecule has 0 heteroatoms. The normalized spacial score (nSPS) is 17.8. The first-order chi connectivity index (χ1) is 6.52. The Bertz CT molecular complexity index is 230. The van der Waals surface area contributed by atoms with Crippen LogP contribution in [0.2, 0.25) is 0 Å². The van der Waals surface area contributed by atoms with E-state index in [1.165, 1.54) is 11.1 Å². The number of hydrogen-bond acceptors (Lipinski definition) is 0. The second-order valence-corrected chi connectivity index (χ2v) is 4.19. The molecule has 0 N–H and O–H groups in total. The van der Waals surface area contributed by atoms with Crippen molar-refractivity contribution in [2.24, 2.45) is 11.8 Å². The minimum Gasteiger partial charge on any atom is -0.103 e. The van der Waals surface area contributed by atoms with Gasteiger partial charge in [-0.15, -0.1) is 6.58 Å². The molecule has 0 bridgehead atoms. The summed E-state index contributed by atoms with van der Waals surface area (Å²) in [6, 6.07) is 0. The molecule has 0 saturated carbocycles. The molecule has 0 aliphatic rings. The lowest BCUT2D eigenvalue weighted by Gasteiger charge is -2.18. The zero-order valence-electron chi connectivity index (χ0n) is 10.3. The molecule has 0 aromatic carbocycles. The Kier molecular flexibility index (Phi) is 6.27. The highest BCUT2D eigenvalue weighted by atomic mass is 14.2. The molecule has 0 spiro atoms. The lowest BCUT2D eigenvalue weighted by Crippen LogP contribution is -2.07. The summed E-state index contributed by atoms with van der Waals surface area (Å²) in [4.78, 5) is 0. The van der Waals surface area contributed by atoms with Gasteiger partial charge in [-0.1, -0.05) is 43.2 Å². The van der Waals surface area contributed by atoms with Crippen LogP contribution in [0.5, 0.6) is 0 Å². The van der Waals surface area contributed by atoms with Crippen LogP contribution >= 0.6 is 0 Å². The minimum absolute atomic E-state index is 0.617. The third kappa shape index (κ3) is 4.45. The van der Waals surface area contributed by atoms with Gasteiger partial charge in [0.1, 0.15) is 0 Å². The van der Waals surface area contributed by atoms with Crippen LogP contribution in [0.4, 0.5) is 0 Å². The van der Waals surface area contributed by atoms with E-state index in [9.17, 15) is 0 Å². The highest BCUT2D eigenvalue weighted by molar-refractivity contribution is 5.10. The lowest BCUT2D eigenvalue weighted by molar-refractivity contribution is 0.525. The molecular formula is C14H24. The lowest BCUT2D eigenvalue weighted by atomic mass is 9.88. The van der Waals surface area contributed by atoms with Gasteiger partial charge in [0.05, 0.1) is 0 Å². The maximum Gasteiger partial charge on any atom is -0.0144 e. The van der Waals surface area contributed by atoms with Crippen LogP contribution in [0, 0.1) is 11.8 Å². The highest BCUT2D eigenvalue weighted by Crippen LogP contribution is 2.22. The Labute approximate surface area is 89.4 Å². The van der Waals surface area contributed by atoms with Crippen molar-refractivity contribution < 1.29 is 0 Å². The van der Waals surface area contributed by atoms with Crippen LogP contribution in [-0.4, -0.2) is 0 Å². The van der Waals surface area contributed by atoms with Crippen molar-refractivity contribution in [1.82, 2.24) is 0 Å². The molecule has 80 valence electrons. The fraction of sp³-hybridized carbons (Fsp3) is 0.571. The Balaban J connectivity index is 4.39. The van der Waals surface area contributed by atoms with Crippen molar-refractivity contribution in [3.8, 4) is 0 Å². The van der Waals surface area contributed by atoms with E-state index in [4.69, 9.17) is 0 Å². The fourth-order valence-corrected chi connectivity index (χ4v) is 1.57. The highest BCUT2D eigenvalue weighted by Gasteiger charge is 2.10. The quantitative estimate of drug-likeness (QED) is 0.551. The average molecular weight is 192 g/mol. The van der Waals surface area contributed by atoms with E-state index in [0.29, 0.717) is 11.8 Å². The van der Waals surface area contributed by atoms with Crippen LogP contribution in [0.15, 0.2) is 36.0 Å². The second kappa shape index (κ2) is 6.64. The van der Waals surface area contributed by atoms with Gasteiger partial charge in [0.2, 0.25) is 0 Å². The van der Waals surface area contributed by atoms with Crippen LogP contribution in [-0.2, 0) is 0 Å². The summed E-state index contributed by atoms with van der Waals surface area (Å²) in [5.41, 5.74) is 2.89. The molecule has 2 unspecified atom stereocenters. The molecule has 0 radical (unpaired) electrons. The minimum atomic E-state index is 0.617. The third-order valence-electron chi connectivity index (χ3n) is 2.98. The molecule has 0 amide bonds. The van der Waals surface area contributed by atoms with Gasteiger partial charge in [-0.05, 0) is 39.0 Å². The molecule has 0 saturated heterocycles. The van der Waals surface area contributed by atoms with Crippen molar-refractivity contribution in [2.75, 3.05) is 0 Å². The molecule has 0 nitrogen and oxygen atoms in total. The van der Waals surface area contributed by atoms with E-state index >= 15 is 0 Å². The van der Waals surface area contributed by atoms with Gasteiger partial charge in [0.25, 0.3) is 0 Å². The topological polar surface area (TPSA) is 0 Å². The largest absolute Gasteiger partial charge is 0.103 e. The summed E-state index contributed by atoms with van der Waals surface area (Å²) in [5, 5.41) is 0. The van der Waals surface area contributed by atoms with Crippen LogP contribution in [0.3, 0.4) is 0 Å². The molecule has 14 heavy (non-hydrogen) atoms. The Morgan fingerprint density at radius 1 is 1.29 bits per heavy atom. The van der Waals surface area contributed by atoms with E-state index in [2.05, 4.69) is 53.3 Å². The first-order valence-electron chi connectivity index (χ1n) is 5.43. The third-order valence-corrected chi connectivity index (χ3v) is 2.98. The number of allylic oxidation sites excluding steroid dienone is 5. The van der Waals surface area contributed by atoms with Crippen molar-refractivity contribution in [3.63, 3.8) is 0 Å². The molecule has 0 fully saturated rings. The molecule has 0 heterocycles. The summed E-state index contributed by atoms with van der Waals surface area (Å²) in [5.74, 6) is 1.26. The monoisotopic (exact) mass is 192 g/mol. The van der Waals surface area contributed by atoms with E-state index in [0.717, 1.165) is 6.42 Å². The van der Waals surface area contributed by atoms with Gasteiger partial charge >= 0.3 is 0 Å². The van der Waals surface area contributed by atoms with Gasteiger partial charge in [-0.2, -0.15) is 0 Å². The fourth-order valence-electron chi connectivity index (χ4n) is 1.57. The van der Waals surface area contributed by atoms with Crippen LogP contribution in [0.1, 0.15) is 41.0 Å². The first kappa shape index (κ1) is 13.2. The number of rotatable bonds is 5. The molecular weight excluding hydrogens is 168 g/mol. The zero-order valence-corrected chi connectivity index (χ0v) is 10.3. The predicted octanol–water partition coefficient (Wildman–Crippen LogP) is 4.75. The molecule has 0 rings (SSSR count). The molecule has 0 aliphatic heterocycles. The van der Waals surface area contributed by atoms with Crippen LogP contribution < -0.4 is 0 Å². The Morgan fingerprint density at radius 3 is 2.29 bits per heavy atom. The smallest absolute Gasteiger partial charge is 0.0144 e. The van der Waals surface area contributed by atoms with Gasteiger partial charge in [0, 0.05) is 0 Å². The summed E-state index contributed by atoms with van der Waals surface area (Å²) >= 11 is 0. The van der Waals surface area contributed by atoms with Gasteiger partial charge in [0.15, 0.2) is 0 Å². The SMILES string of the molecule is C=CCC(C)=CC(C)C(C)C(C)=CC. The van der Waals surface area contributed by atoms with E-state index in [-0.39, 0.29) is 0 Å². The molecule has 0 aromatic rings. The van der Waals surface area contributed by atoms with Crippen molar-refractivity contribution in [2.45, 2.75) is 41.0 Å². The summed E-state index contributed by atoms with van der Waals surface area (Å²) in [6.07, 6.45) is 7.54. The average Bonchev–Trinajstić information content (AvgIpc) is 2.15. The summed E-state index contributed by atoms with van der Waals surface area (Å²) in [7, 11) is 0. The van der Waals surface area contributed by atoms with Gasteiger partial charge in [-0.3, -0.25) is 0 Å². The number of hydrogen-bond donors (Lipinski definition) is 0. The summed E-state index contributed by atoms with van der Waals surface area (Å²) < 4.78 is 0. The van der Waals surface area contributed by atoms with Gasteiger partial charge < -0.3 is 0 Å². The molecule has 2 atom stereocenters. The van der Waals surface area contributed by atoms with E-state index < -0.39 is 0 Å². The second-order valence-electron chi connectivity index (χ2n) is 4.19. The van der Waals surface area contributed by atoms with Crippen molar-refractivity contribution >= 4 is 0 Å². The van der Waals surface area contributed by atoms with E-state index in [1.54, 1.807) is 0 Å². The first-order valence-corrected chi connectivity index (χ1v) is 5.43. The van der Waals surface area contributed by atoms with Crippen LogP contribution in [0.25, 0.3) is 0 Å². The molecule has 0 aliphatic carbocycles. The molecule has 0 aromatic heterocycles. The maximum absolute atomic E-state index is 3.75. The summed E-state index contributed by atoms with van der Waals surface area (Å²) in [6.45, 7) is 14.8. The van der Waals surface area contributed by atoms with E-state index in [1.807, 2.05) is 6.08 Å². The van der Waals surface area contributed by atoms with Gasteiger partial charge in [-0.25, -0.2) is 0 Å². The van der Waals surface area contributed by atoms with Crippen molar-refractivity contribution in [1.29, 1.82) is 0 Å². The maximum atomic E-state index is 3.75. The predicted molar refractivity (Wildman–Crippen MR) is 66.3 cm³/mol.